The van der Waals surface area contributed by atoms with E-state index in [1.165, 1.54) is 5.56 Å². The highest BCUT2D eigenvalue weighted by Gasteiger charge is 2.23. The van der Waals surface area contributed by atoms with Crippen molar-refractivity contribution in [2.24, 2.45) is 4.99 Å². The van der Waals surface area contributed by atoms with Crippen LogP contribution in [-0.2, 0) is 0 Å². The number of hydrogen-bond acceptors (Lipinski definition) is 6. The van der Waals surface area contributed by atoms with Crippen molar-refractivity contribution in [3.05, 3.63) is 35.0 Å². The van der Waals surface area contributed by atoms with Gasteiger partial charge >= 0.3 is 0 Å². The Morgan fingerprint density at radius 1 is 1.20 bits per heavy atom. The van der Waals surface area contributed by atoms with Crippen molar-refractivity contribution in [3.8, 4) is 0 Å². The van der Waals surface area contributed by atoms with Gasteiger partial charge in [-0.05, 0) is 23.6 Å². The summed E-state index contributed by atoms with van der Waals surface area (Å²) in [4.78, 5) is 8.61. The number of guanidine groups is 1. The van der Waals surface area contributed by atoms with Crippen LogP contribution in [0.3, 0.4) is 0 Å². The molecule has 1 aliphatic rings. The van der Waals surface area contributed by atoms with Crippen molar-refractivity contribution in [1.82, 2.24) is 19.1 Å². The molecule has 0 unspecified atom stereocenters. The van der Waals surface area contributed by atoms with E-state index in [0.717, 1.165) is 36.3 Å². The Morgan fingerprint density at radius 2 is 1.88 bits per heavy atom. The number of hydroxylamine groups is 1. The number of anilines is 1. The highest BCUT2D eigenvalue weighted by atomic mass is 35.5. The Kier molecular flexibility index (Phi) is 5.72. The van der Waals surface area contributed by atoms with Crippen LogP contribution in [0.15, 0.2) is 29.3 Å². The van der Waals surface area contributed by atoms with E-state index in [-0.39, 0.29) is 0 Å². The van der Waals surface area contributed by atoms with Gasteiger partial charge in [0.05, 0.1) is 17.4 Å². The van der Waals surface area contributed by atoms with E-state index in [1.807, 2.05) is 17.0 Å². The summed E-state index contributed by atoms with van der Waals surface area (Å²) in [6.45, 7) is 7.18. The monoisotopic (exact) mass is 380 g/mol. The Balaban J connectivity index is 1.66. The van der Waals surface area contributed by atoms with Gasteiger partial charge in [0.15, 0.2) is 11.0 Å². The van der Waals surface area contributed by atoms with Gasteiger partial charge in [-0.2, -0.15) is 8.75 Å². The van der Waals surface area contributed by atoms with Gasteiger partial charge in [0, 0.05) is 26.2 Å². The molecule has 1 aliphatic heterocycles. The van der Waals surface area contributed by atoms with Crippen molar-refractivity contribution >= 4 is 40.8 Å². The maximum Gasteiger partial charge on any atom is 0.223 e. The van der Waals surface area contributed by atoms with Gasteiger partial charge in [0.2, 0.25) is 5.96 Å². The molecule has 0 radical (unpaired) electrons. The fraction of sp³-hybridized carbons (Fsp3) is 0.438. The minimum absolute atomic E-state index is 0.442. The Hall–Kier alpha value is -1.90. The predicted octanol–water partition coefficient (Wildman–Crippen LogP) is 3.10. The molecular formula is C16H21ClN6OS. The van der Waals surface area contributed by atoms with Gasteiger partial charge in [-0.15, -0.1) is 0 Å². The number of aromatic nitrogens is 2. The molecular weight excluding hydrogens is 360 g/mol. The lowest BCUT2D eigenvalue weighted by Gasteiger charge is -2.35. The molecule has 1 fully saturated rings. The molecule has 2 N–H and O–H groups in total. The highest BCUT2D eigenvalue weighted by molar-refractivity contribution is 6.99. The average molecular weight is 381 g/mol. The molecule has 1 saturated heterocycles. The smallest absolute Gasteiger partial charge is 0.223 e. The number of nitrogens with zero attached hydrogens (tertiary/aromatic N) is 5. The third-order valence-electron chi connectivity index (χ3n) is 4.21. The first-order valence-electron chi connectivity index (χ1n) is 8.15. The van der Waals surface area contributed by atoms with Crippen LogP contribution in [0, 0.1) is 0 Å². The SMILES string of the molecule is CC(C)c1ccc(N=C(NO)N2CCN(c3nsnc3Cl)CC2)cc1. The van der Waals surface area contributed by atoms with Gasteiger partial charge in [0.1, 0.15) is 0 Å². The van der Waals surface area contributed by atoms with E-state index in [4.69, 9.17) is 11.6 Å². The van der Waals surface area contributed by atoms with Crippen molar-refractivity contribution in [3.63, 3.8) is 0 Å². The zero-order valence-electron chi connectivity index (χ0n) is 14.2. The third-order valence-corrected chi connectivity index (χ3v) is 5.08. The van der Waals surface area contributed by atoms with Crippen LogP contribution in [0.4, 0.5) is 11.5 Å². The number of hydrogen-bond donors (Lipinski definition) is 2. The summed E-state index contributed by atoms with van der Waals surface area (Å²) in [5, 5.41) is 9.94. The number of halogens is 1. The second-order valence-electron chi connectivity index (χ2n) is 6.15. The lowest BCUT2D eigenvalue weighted by atomic mass is 10.0. The Bertz CT molecular complexity index is 724. The van der Waals surface area contributed by atoms with E-state index < -0.39 is 0 Å². The van der Waals surface area contributed by atoms with Crippen LogP contribution >= 0.6 is 23.3 Å². The molecule has 1 aromatic carbocycles. The summed E-state index contributed by atoms with van der Waals surface area (Å²) < 4.78 is 8.23. The molecule has 9 heteroatoms. The Labute approximate surface area is 156 Å². The van der Waals surface area contributed by atoms with Crippen LogP contribution in [0.2, 0.25) is 5.15 Å². The van der Waals surface area contributed by atoms with Crippen molar-refractivity contribution in [2.45, 2.75) is 19.8 Å². The summed E-state index contributed by atoms with van der Waals surface area (Å²) in [7, 11) is 0. The number of rotatable bonds is 3. The zero-order chi connectivity index (χ0) is 17.8. The number of piperazine rings is 1. The van der Waals surface area contributed by atoms with E-state index in [1.54, 1.807) is 0 Å². The zero-order valence-corrected chi connectivity index (χ0v) is 15.8. The molecule has 0 amide bonds. The molecule has 3 rings (SSSR count). The van der Waals surface area contributed by atoms with Gasteiger partial charge in [-0.25, -0.2) is 10.5 Å². The van der Waals surface area contributed by atoms with E-state index in [2.05, 4.69) is 50.1 Å². The lowest BCUT2D eigenvalue weighted by Crippen LogP contribution is -2.52. The van der Waals surface area contributed by atoms with Crippen LogP contribution in [0.25, 0.3) is 0 Å². The lowest BCUT2D eigenvalue weighted by molar-refractivity contribution is 0.207. The quantitative estimate of drug-likeness (QED) is 0.484. The van der Waals surface area contributed by atoms with Crippen molar-refractivity contribution in [2.75, 3.05) is 31.1 Å². The number of benzene rings is 1. The molecule has 7 nitrogen and oxygen atoms in total. The van der Waals surface area contributed by atoms with Crippen LogP contribution in [0.1, 0.15) is 25.3 Å². The number of nitrogens with one attached hydrogen (secondary N) is 1. The molecule has 0 spiro atoms. The fourth-order valence-electron chi connectivity index (χ4n) is 2.71. The highest BCUT2D eigenvalue weighted by Crippen LogP contribution is 2.24. The first-order valence-corrected chi connectivity index (χ1v) is 9.26. The minimum Gasteiger partial charge on any atom is -0.350 e. The molecule has 0 aliphatic carbocycles. The molecule has 25 heavy (non-hydrogen) atoms. The first-order chi connectivity index (χ1) is 12.1. The van der Waals surface area contributed by atoms with Gasteiger partial charge in [-0.1, -0.05) is 37.6 Å². The maximum atomic E-state index is 9.50. The third kappa shape index (κ3) is 4.20. The second-order valence-corrected chi connectivity index (χ2v) is 7.03. The van der Waals surface area contributed by atoms with E-state index in [0.29, 0.717) is 30.1 Å². The van der Waals surface area contributed by atoms with Crippen LogP contribution < -0.4 is 10.4 Å². The average Bonchev–Trinajstić information content (AvgIpc) is 3.06. The molecule has 2 heterocycles. The molecule has 1 aromatic heterocycles. The van der Waals surface area contributed by atoms with E-state index >= 15 is 0 Å². The summed E-state index contributed by atoms with van der Waals surface area (Å²) in [6.07, 6.45) is 0. The first kappa shape index (κ1) is 17.9. The molecule has 2 aromatic rings. The van der Waals surface area contributed by atoms with Crippen LogP contribution in [-0.4, -0.2) is 51.0 Å². The largest absolute Gasteiger partial charge is 0.350 e. The fourth-order valence-corrected chi connectivity index (χ4v) is 3.49. The van der Waals surface area contributed by atoms with Gasteiger partial charge < -0.3 is 9.80 Å². The topological polar surface area (TPSA) is 76.9 Å². The molecule has 134 valence electrons. The molecule has 0 atom stereocenters. The maximum absolute atomic E-state index is 9.50. The summed E-state index contributed by atoms with van der Waals surface area (Å²) >= 11 is 7.16. The van der Waals surface area contributed by atoms with Crippen molar-refractivity contribution < 1.29 is 5.21 Å². The molecule has 0 bridgehead atoms. The normalized spacial score (nSPS) is 15.8. The van der Waals surface area contributed by atoms with Crippen LogP contribution in [0.5, 0.6) is 0 Å². The van der Waals surface area contributed by atoms with Crippen molar-refractivity contribution in [1.29, 1.82) is 0 Å². The number of aliphatic imine (C=N–C) groups is 1. The minimum atomic E-state index is 0.442. The second kappa shape index (κ2) is 7.99. The van der Waals surface area contributed by atoms with Gasteiger partial charge in [0.25, 0.3) is 0 Å². The van der Waals surface area contributed by atoms with E-state index in [9.17, 15) is 5.21 Å². The summed E-state index contributed by atoms with van der Waals surface area (Å²) in [5.74, 6) is 1.65. The van der Waals surface area contributed by atoms with Gasteiger partial charge in [-0.3, -0.25) is 5.21 Å². The predicted molar refractivity (Wildman–Crippen MR) is 101 cm³/mol. The summed E-state index contributed by atoms with van der Waals surface area (Å²) in [5.41, 5.74) is 4.29. The Morgan fingerprint density at radius 3 is 2.40 bits per heavy atom. The standard InChI is InChI=1S/C16H21ClN6OS/c1-11(2)12-3-5-13(6-4-12)18-16(19-24)23-9-7-22(8-10-23)15-14(17)20-25-21-15/h3-6,11,24H,7-10H2,1-2H3,(H,18,19). The molecule has 0 saturated carbocycles. The summed E-state index contributed by atoms with van der Waals surface area (Å²) in [6, 6.07) is 8.05.